The van der Waals surface area contributed by atoms with Gasteiger partial charge in [0.2, 0.25) is 0 Å². The average Bonchev–Trinajstić information content (AvgIpc) is 1.25. The van der Waals surface area contributed by atoms with Crippen LogP contribution in [0.3, 0.4) is 0 Å². The third-order valence-electron chi connectivity index (χ3n) is 0. The van der Waals surface area contributed by atoms with Gasteiger partial charge in [0.25, 0.3) is 0 Å². The van der Waals surface area contributed by atoms with Crippen molar-refractivity contribution in [2.24, 2.45) is 0 Å². The van der Waals surface area contributed by atoms with Gasteiger partial charge in [0.15, 0.2) is 0 Å². The van der Waals surface area contributed by atoms with E-state index < -0.39 is 11.2 Å². The molecule has 0 aromatic heterocycles. The summed E-state index contributed by atoms with van der Waals surface area (Å²) in [5.41, 5.74) is 0. The third kappa shape index (κ3) is 929. The van der Waals surface area contributed by atoms with Crippen molar-refractivity contribution < 1.29 is 10.2 Å². The minimum absolute atomic E-state index is 0. The van der Waals surface area contributed by atoms with Crippen LogP contribution in [-0.2, 0) is 0 Å². The van der Waals surface area contributed by atoms with Gasteiger partial charge in [-0.05, 0) is 0 Å². The second kappa shape index (κ2) is 11.4. The molecule has 0 aromatic rings. The Morgan fingerprint density at radius 3 is 1.33 bits per heavy atom. The van der Waals surface area contributed by atoms with Crippen molar-refractivity contribution in [1.82, 2.24) is 0 Å². The maximum Gasteiger partial charge on any atom is 2.00 e. The molecule has 9 heavy (non-hydrogen) atoms. The van der Waals surface area contributed by atoms with Crippen molar-refractivity contribution in [3.05, 3.63) is 15.3 Å². The topological polar surface area (TPSA) is 89.3 Å². The van der Waals surface area contributed by atoms with Crippen LogP contribution in [0.2, 0.25) is 0 Å². The van der Waals surface area contributed by atoms with E-state index in [2.05, 4.69) is 0 Å². The van der Waals surface area contributed by atoms with Crippen LogP contribution in [0.1, 0.15) is 13.8 Å². The molecule has 0 rings (SSSR count). The minimum atomic E-state index is -1.75. The predicted molar refractivity (Wildman–Crippen MR) is 31.3 cm³/mol. The maximum absolute atomic E-state index is 9.53. The van der Waals surface area contributed by atoms with Crippen LogP contribution < -0.4 is 5.11 Å². The van der Waals surface area contributed by atoms with Crippen molar-refractivity contribution in [3.8, 4) is 0 Å². The van der Waals surface area contributed by atoms with Crippen LogP contribution in [0.4, 0.5) is 0 Å². The Morgan fingerprint density at radius 2 is 1.33 bits per heavy atom. The molecule has 0 bridgehead atoms. The zero-order valence-electron chi connectivity index (χ0n) is 5.36. The van der Waals surface area contributed by atoms with E-state index in [9.17, 15) is 5.11 Å². The molecule has 0 saturated heterocycles. The van der Waals surface area contributed by atoms with Crippen LogP contribution in [0, 0.1) is 15.3 Å². The third-order valence-corrected chi connectivity index (χ3v) is 0. The smallest absolute Gasteiger partial charge is 0.852 e. The van der Waals surface area contributed by atoms with E-state index in [1.54, 1.807) is 13.8 Å². The molecule has 0 aliphatic rings. The Kier molecular flexibility index (Phi) is 20.7. The van der Waals surface area contributed by atoms with Gasteiger partial charge in [-0.3, -0.25) is 0 Å². The quantitative estimate of drug-likeness (QED) is 0.294. The predicted octanol–water partition coefficient (Wildman–Crippen LogP) is -0.865. The van der Waals surface area contributed by atoms with Gasteiger partial charge in [-0.15, -0.1) is 6.10 Å². The summed E-state index contributed by atoms with van der Waals surface area (Å²) in [7, 11) is 0. The normalized spacial score (nSPS) is 6.67. The van der Waals surface area contributed by atoms with Crippen molar-refractivity contribution in [3.63, 3.8) is 0 Å². The van der Waals surface area contributed by atoms with Crippen molar-refractivity contribution >= 4 is 45.5 Å². The summed E-state index contributed by atoms with van der Waals surface area (Å²) in [4.78, 5) is 8.25. The van der Waals surface area contributed by atoms with Crippen molar-refractivity contribution in [2.75, 3.05) is 0 Å². The molecule has 0 amide bonds. The molecule has 0 fully saturated rings. The SMILES string of the molecule is CC(C)[O-].O=[N+]([O-])[O-].[Sr+2]. The minimum Gasteiger partial charge on any atom is -0.852 e. The molecule has 0 saturated carbocycles. The molecule has 0 radical (unpaired) electrons. The Hall–Kier alpha value is 0.641. The second-order valence-corrected chi connectivity index (χ2v) is 1.27. The van der Waals surface area contributed by atoms with Gasteiger partial charge >= 0.3 is 45.5 Å². The molecule has 5 nitrogen and oxygen atoms in total. The van der Waals surface area contributed by atoms with Gasteiger partial charge in [-0.1, -0.05) is 13.8 Å². The first-order chi connectivity index (χ1) is 3.46. The van der Waals surface area contributed by atoms with E-state index in [1.165, 1.54) is 0 Å². The van der Waals surface area contributed by atoms with Gasteiger partial charge < -0.3 is 20.4 Å². The van der Waals surface area contributed by atoms with Crippen molar-refractivity contribution in [2.45, 2.75) is 20.0 Å². The molecule has 6 heteroatoms. The molecule has 0 heterocycles. The monoisotopic (exact) mass is 209 g/mol. The fraction of sp³-hybridized carbons (Fsp3) is 1.00. The van der Waals surface area contributed by atoms with Gasteiger partial charge in [0.05, 0.1) is 5.09 Å². The molecule has 0 spiro atoms. The summed E-state index contributed by atoms with van der Waals surface area (Å²) in [6.07, 6.45) is -0.417. The standard InChI is InChI=1S/C3H7O.NO3.Sr/c1-3(2)4;2-1(3)4;/h3H,1-2H3;;/q2*-1;+2. The van der Waals surface area contributed by atoms with Crippen molar-refractivity contribution in [1.29, 1.82) is 0 Å². The molecule has 0 aromatic carbocycles. The number of hydrogen-bond donors (Lipinski definition) is 0. The summed E-state index contributed by atoms with van der Waals surface area (Å²) in [6, 6.07) is 0. The zero-order chi connectivity index (χ0) is 7.15. The Morgan fingerprint density at radius 1 is 1.33 bits per heavy atom. The van der Waals surface area contributed by atoms with E-state index in [1.807, 2.05) is 0 Å². The average molecular weight is 209 g/mol. The van der Waals surface area contributed by atoms with E-state index in [0.717, 1.165) is 0 Å². The summed E-state index contributed by atoms with van der Waals surface area (Å²) in [5, 5.41) is 24.3. The molecular formula is C3H7NO4Sr. The first kappa shape index (κ1) is 16.3. The van der Waals surface area contributed by atoms with E-state index in [4.69, 9.17) is 15.3 Å². The molecule has 0 aliphatic carbocycles. The van der Waals surface area contributed by atoms with Gasteiger partial charge in [0, 0.05) is 0 Å². The molecule has 0 unspecified atom stereocenters. The van der Waals surface area contributed by atoms with E-state index >= 15 is 0 Å². The molecule has 0 atom stereocenters. The van der Waals surface area contributed by atoms with Crippen LogP contribution >= 0.6 is 0 Å². The fourth-order valence-corrected chi connectivity index (χ4v) is 0. The largest absolute Gasteiger partial charge is 2.00 e. The van der Waals surface area contributed by atoms with E-state index in [0.29, 0.717) is 0 Å². The summed E-state index contributed by atoms with van der Waals surface area (Å²) in [6.45, 7) is 3.22. The molecule has 0 aliphatic heterocycles. The number of nitrogens with zero attached hydrogens (tertiary/aromatic N) is 1. The number of hydrogen-bond acceptors (Lipinski definition) is 4. The zero-order valence-corrected chi connectivity index (χ0v) is 8.84. The van der Waals surface area contributed by atoms with Gasteiger partial charge in [-0.25, -0.2) is 0 Å². The Labute approximate surface area is 90.1 Å². The molecule has 0 N–H and O–H groups in total. The van der Waals surface area contributed by atoms with Gasteiger partial charge in [0.1, 0.15) is 0 Å². The fourth-order valence-electron chi connectivity index (χ4n) is 0. The first-order valence-electron chi connectivity index (χ1n) is 1.94. The molecular weight excluding hydrogens is 202 g/mol. The Balaban J connectivity index is -0.0000000720. The number of rotatable bonds is 0. The maximum atomic E-state index is 9.53. The first-order valence-corrected chi connectivity index (χ1v) is 1.94. The Bertz CT molecular complexity index is 60.1. The summed E-state index contributed by atoms with van der Waals surface area (Å²) in [5.74, 6) is 0. The van der Waals surface area contributed by atoms with Crippen LogP contribution in [-0.4, -0.2) is 56.7 Å². The second-order valence-electron chi connectivity index (χ2n) is 1.27. The summed E-state index contributed by atoms with van der Waals surface area (Å²) < 4.78 is 0. The van der Waals surface area contributed by atoms with Gasteiger partial charge in [-0.2, -0.15) is 0 Å². The van der Waals surface area contributed by atoms with Crippen LogP contribution in [0.15, 0.2) is 0 Å². The molecule has 50 valence electrons. The van der Waals surface area contributed by atoms with Crippen LogP contribution in [0.5, 0.6) is 0 Å². The van der Waals surface area contributed by atoms with E-state index in [-0.39, 0.29) is 45.5 Å². The van der Waals surface area contributed by atoms with Crippen LogP contribution in [0.25, 0.3) is 0 Å². The summed E-state index contributed by atoms with van der Waals surface area (Å²) >= 11 is 0.